The van der Waals surface area contributed by atoms with E-state index < -0.39 is 0 Å². The van der Waals surface area contributed by atoms with Gasteiger partial charge in [-0.15, -0.1) is 0 Å². The summed E-state index contributed by atoms with van der Waals surface area (Å²) in [5.41, 5.74) is 2.00. The molecule has 2 heterocycles. The maximum atomic E-state index is 11.4. The normalized spacial score (nSPS) is 17.4. The number of nitrogens with zero attached hydrogens (tertiary/aromatic N) is 2. The van der Waals surface area contributed by atoms with Crippen LogP contribution in [-0.2, 0) is 4.79 Å². The Hall–Kier alpha value is -1.78. The van der Waals surface area contributed by atoms with Gasteiger partial charge in [0.1, 0.15) is 0 Å². The molecule has 104 valence electrons. The average molecular weight is 315 g/mol. The number of fused-ring (bicyclic) bond motifs is 2. The first-order chi connectivity index (χ1) is 10.3. The monoisotopic (exact) mass is 314 g/mol. The van der Waals surface area contributed by atoms with Crippen molar-refractivity contribution >= 4 is 51.3 Å². The average Bonchev–Trinajstić information content (AvgIpc) is 3.06. The van der Waals surface area contributed by atoms with Crippen LogP contribution in [0.3, 0.4) is 0 Å². The van der Waals surface area contributed by atoms with Crippen LogP contribution in [0.1, 0.15) is 5.56 Å². The van der Waals surface area contributed by atoms with Crippen molar-refractivity contribution in [2.45, 2.75) is 0 Å². The third-order valence-corrected chi connectivity index (χ3v) is 4.99. The van der Waals surface area contributed by atoms with Crippen LogP contribution in [0.2, 0.25) is 5.02 Å². The molecule has 0 aliphatic carbocycles. The Morgan fingerprint density at radius 3 is 3.05 bits per heavy atom. The molecule has 0 aromatic heterocycles. The van der Waals surface area contributed by atoms with E-state index >= 15 is 0 Å². The summed E-state index contributed by atoms with van der Waals surface area (Å²) < 4.78 is 0. The van der Waals surface area contributed by atoms with E-state index in [4.69, 9.17) is 11.6 Å². The lowest BCUT2D eigenvalue weighted by Crippen LogP contribution is -2.20. The van der Waals surface area contributed by atoms with E-state index in [2.05, 4.69) is 16.0 Å². The van der Waals surface area contributed by atoms with Gasteiger partial charge in [0.15, 0.2) is 11.5 Å². The summed E-state index contributed by atoms with van der Waals surface area (Å²) in [7, 11) is 0. The van der Waals surface area contributed by atoms with Crippen molar-refractivity contribution in [3.8, 4) is 0 Å². The minimum atomic E-state index is 0.698. The number of benzene rings is 2. The summed E-state index contributed by atoms with van der Waals surface area (Å²) in [6, 6.07) is 11.9. The van der Waals surface area contributed by atoms with Gasteiger partial charge in [-0.25, -0.2) is 0 Å². The lowest BCUT2D eigenvalue weighted by atomic mass is 10.0. The zero-order valence-electron chi connectivity index (χ0n) is 11.0. The Balaban J connectivity index is 1.99. The topological polar surface area (TPSA) is 32.7 Å². The van der Waals surface area contributed by atoms with Gasteiger partial charge in [0.05, 0.1) is 17.1 Å². The van der Waals surface area contributed by atoms with E-state index in [0.717, 1.165) is 51.5 Å². The van der Waals surface area contributed by atoms with Crippen LogP contribution in [0, 0.1) is 0 Å². The van der Waals surface area contributed by atoms with Crippen LogP contribution in [0.5, 0.6) is 0 Å². The number of aldehydes is 1. The summed E-state index contributed by atoms with van der Waals surface area (Å²) in [4.78, 5) is 18.7. The first-order valence-electron chi connectivity index (χ1n) is 6.66. The fourth-order valence-electron chi connectivity index (χ4n) is 2.81. The summed E-state index contributed by atoms with van der Waals surface area (Å²) in [5.74, 6) is 0. The van der Waals surface area contributed by atoms with Crippen LogP contribution < -0.4 is 0 Å². The van der Waals surface area contributed by atoms with Crippen molar-refractivity contribution in [3.05, 3.63) is 51.9 Å². The Kier molecular flexibility index (Phi) is 3.01. The Bertz CT molecular complexity index is 828. The molecule has 2 aromatic rings. The molecule has 0 atom stereocenters. The molecule has 21 heavy (non-hydrogen) atoms. The number of amidine groups is 1. The third kappa shape index (κ3) is 1.98. The molecule has 4 rings (SSSR count). The predicted molar refractivity (Wildman–Crippen MR) is 88.5 cm³/mol. The molecule has 2 aromatic carbocycles. The molecule has 0 amide bonds. The fraction of sp³-hybridized carbons (Fsp3) is 0.125. The summed E-state index contributed by atoms with van der Waals surface area (Å²) >= 11 is 7.60. The standard InChI is InChI=1S/C16H11ClN2OS/c17-11-5-4-10-2-1-3-12(13(10)8-11)15-14(9-20)21-16-18-6-7-19(15)16/h1-5,8-9H,6-7H2. The van der Waals surface area contributed by atoms with E-state index in [0.29, 0.717) is 5.02 Å². The lowest BCUT2D eigenvalue weighted by molar-refractivity contribution is -0.104. The van der Waals surface area contributed by atoms with Crippen molar-refractivity contribution in [1.82, 2.24) is 4.90 Å². The molecular weight excluding hydrogens is 304 g/mol. The maximum absolute atomic E-state index is 11.4. The lowest BCUT2D eigenvalue weighted by Gasteiger charge is -2.18. The van der Waals surface area contributed by atoms with E-state index in [1.165, 1.54) is 11.8 Å². The summed E-state index contributed by atoms with van der Waals surface area (Å²) in [6.07, 6.45) is 0.921. The van der Waals surface area contributed by atoms with Crippen molar-refractivity contribution in [2.75, 3.05) is 13.1 Å². The number of aliphatic imine (C=N–C) groups is 1. The molecule has 0 unspecified atom stereocenters. The molecule has 0 saturated heterocycles. The number of rotatable bonds is 2. The van der Waals surface area contributed by atoms with Gasteiger partial charge in [-0.1, -0.05) is 35.9 Å². The van der Waals surface area contributed by atoms with Gasteiger partial charge in [-0.3, -0.25) is 9.79 Å². The quantitative estimate of drug-likeness (QED) is 0.791. The molecule has 3 nitrogen and oxygen atoms in total. The highest BCUT2D eigenvalue weighted by molar-refractivity contribution is 8.18. The smallest absolute Gasteiger partial charge is 0.168 e. The van der Waals surface area contributed by atoms with Crippen LogP contribution in [-0.4, -0.2) is 29.4 Å². The molecular formula is C16H11ClN2OS. The van der Waals surface area contributed by atoms with Gasteiger partial charge in [0, 0.05) is 17.1 Å². The van der Waals surface area contributed by atoms with Gasteiger partial charge in [0.2, 0.25) is 0 Å². The SMILES string of the molecule is O=CC1=C(c2cccc3ccc(Cl)cc23)N2CCN=C2S1. The molecule has 0 spiro atoms. The molecule has 0 saturated carbocycles. The van der Waals surface area contributed by atoms with Crippen molar-refractivity contribution < 1.29 is 4.79 Å². The number of halogens is 1. The molecule has 0 bridgehead atoms. The fourth-order valence-corrected chi connectivity index (χ4v) is 3.99. The molecule has 0 N–H and O–H groups in total. The number of hydrogen-bond acceptors (Lipinski definition) is 4. The number of allylic oxidation sites excluding steroid dienone is 1. The molecule has 0 radical (unpaired) electrons. The molecule has 5 heteroatoms. The number of hydrogen-bond donors (Lipinski definition) is 0. The number of carbonyl (C=O) groups is 1. The highest BCUT2D eigenvalue weighted by Gasteiger charge is 2.33. The summed E-state index contributed by atoms with van der Waals surface area (Å²) in [6.45, 7) is 1.61. The third-order valence-electron chi connectivity index (χ3n) is 3.71. The highest BCUT2D eigenvalue weighted by atomic mass is 35.5. The van der Waals surface area contributed by atoms with Crippen molar-refractivity contribution in [3.63, 3.8) is 0 Å². The van der Waals surface area contributed by atoms with Crippen LogP contribution in [0.15, 0.2) is 46.3 Å². The van der Waals surface area contributed by atoms with Crippen LogP contribution in [0.4, 0.5) is 0 Å². The number of thioether (sulfide) groups is 1. The largest absolute Gasteiger partial charge is 0.317 e. The van der Waals surface area contributed by atoms with Gasteiger partial charge in [-0.05, 0) is 34.7 Å². The highest BCUT2D eigenvalue weighted by Crippen LogP contribution is 2.42. The van der Waals surface area contributed by atoms with Gasteiger partial charge in [-0.2, -0.15) is 0 Å². The zero-order chi connectivity index (χ0) is 14.4. The molecule has 2 aliphatic heterocycles. The van der Waals surface area contributed by atoms with Crippen LogP contribution >= 0.6 is 23.4 Å². The van der Waals surface area contributed by atoms with E-state index in [-0.39, 0.29) is 0 Å². The van der Waals surface area contributed by atoms with Crippen molar-refractivity contribution in [1.29, 1.82) is 0 Å². The second kappa shape index (κ2) is 4.90. The van der Waals surface area contributed by atoms with E-state index in [1.54, 1.807) is 0 Å². The van der Waals surface area contributed by atoms with Gasteiger partial charge < -0.3 is 4.90 Å². The maximum Gasteiger partial charge on any atom is 0.168 e. The van der Waals surface area contributed by atoms with Crippen molar-refractivity contribution in [2.24, 2.45) is 4.99 Å². The van der Waals surface area contributed by atoms with Gasteiger partial charge >= 0.3 is 0 Å². The summed E-state index contributed by atoms with van der Waals surface area (Å²) in [5, 5.41) is 3.80. The predicted octanol–water partition coefficient (Wildman–Crippen LogP) is 3.78. The Morgan fingerprint density at radius 2 is 2.19 bits per heavy atom. The Morgan fingerprint density at radius 1 is 1.29 bits per heavy atom. The second-order valence-corrected chi connectivity index (χ2v) is 6.37. The number of carbonyl (C=O) groups excluding carboxylic acids is 1. The molecule has 2 aliphatic rings. The minimum Gasteiger partial charge on any atom is -0.317 e. The first-order valence-corrected chi connectivity index (χ1v) is 7.85. The second-order valence-electron chi connectivity index (χ2n) is 4.92. The zero-order valence-corrected chi connectivity index (χ0v) is 12.6. The Labute approximate surface area is 131 Å². The first kappa shape index (κ1) is 12.9. The van der Waals surface area contributed by atoms with E-state index in [9.17, 15) is 4.79 Å². The minimum absolute atomic E-state index is 0.698. The van der Waals surface area contributed by atoms with Gasteiger partial charge in [0.25, 0.3) is 0 Å². The van der Waals surface area contributed by atoms with Crippen LogP contribution in [0.25, 0.3) is 16.5 Å². The molecule has 0 fully saturated rings. The van der Waals surface area contributed by atoms with E-state index in [1.807, 2.05) is 30.3 Å².